The van der Waals surface area contributed by atoms with Gasteiger partial charge in [-0.15, -0.1) is 0 Å². The lowest BCUT2D eigenvalue weighted by Gasteiger charge is -1.97. The van der Waals surface area contributed by atoms with Gasteiger partial charge in [-0.05, 0) is 0 Å². The van der Waals surface area contributed by atoms with E-state index in [4.69, 9.17) is 13.0 Å². The van der Waals surface area contributed by atoms with Gasteiger partial charge in [0, 0.05) is 0 Å². The summed E-state index contributed by atoms with van der Waals surface area (Å²) in [4.78, 5) is 0. The first-order valence-corrected chi connectivity index (χ1v) is 4.64. The standard InChI is InChI=1S/C4H10.CHF3O3S.BH3/c1-3-4-2;2-1(3,4)8(5,6)7;/h3-4H2,1-2H3;(H,5,6,7);1H3. The fraction of sp³-hybridized carbons (Fsp3) is 1.00. The monoisotopic (exact) mass is 222 g/mol. The van der Waals surface area contributed by atoms with Gasteiger partial charge in [-0.25, -0.2) is 0 Å². The summed E-state index contributed by atoms with van der Waals surface area (Å²) < 4.78 is 57.5. The Hall–Kier alpha value is -0.235. The van der Waals surface area contributed by atoms with Crippen LogP contribution in [0.1, 0.15) is 26.7 Å². The molecule has 0 atom stereocenters. The van der Waals surface area contributed by atoms with Gasteiger partial charge in [0.25, 0.3) is 0 Å². The first kappa shape index (κ1) is 18.5. The zero-order valence-electron chi connectivity index (χ0n) is 6.72. The highest BCUT2D eigenvalue weighted by molar-refractivity contribution is 7.86. The van der Waals surface area contributed by atoms with Gasteiger partial charge >= 0.3 is 15.6 Å². The number of unbranched alkanes of at least 4 members (excludes halogenated alkanes) is 1. The molecule has 0 bridgehead atoms. The molecule has 82 valence electrons. The highest BCUT2D eigenvalue weighted by Crippen LogP contribution is 2.20. The van der Waals surface area contributed by atoms with Crippen molar-refractivity contribution in [2.45, 2.75) is 32.2 Å². The smallest absolute Gasteiger partial charge is 0.279 e. The zero-order valence-corrected chi connectivity index (χ0v) is 7.54. The number of halogens is 3. The molecule has 0 saturated carbocycles. The van der Waals surface area contributed by atoms with E-state index in [1.807, 2.05) is 0 Å². The van der Waals surface area contributed by atoms with E-state index in [9.17, 15) is 13.2 Å². The minimum absolute atomic E-state index is 0. The second-order valence-electron chi connectivity index (χ2n) is 1.92. The molecule has 0 aromatic carbocycles. The molecule has 0 amide bonds. The Morgan fingerprint density at radius 3 is 1.31 bits per heavy atom. The van der Waals surface area contributed by atoms with Gasteiger partial charge in [-0.1, -0.05) is 26.7 Å². The molecule has 0 aliphatic carbocycles. The molecule has 13 heavy (non-hydrogen) atoms. The maximum Gasteiger partial charge on any atom is 0.522 e. The highest BCUT2D eigenvalue weighted by atomic mass is 32.2. The Morgan fingerprint density at radius 1 is 1.15 bits per heavy atom. The zero-order chi connectivity index (χ0) is 10.4. The van der Waals surface area contributed by atoms with Crippen molar-refractivity contribution in [1.82, 2.24) is 0 Å². The van der Waals surface area contributed by atoms with Gasteiger partial charge in [0.15, 0.2) is 0 Å². The number of alkyl halides is 3. The van der Waals surface area contributed by atoms with Gasteiger partial charge in [-0.2, -0.15) is 21.6 Å². The summed E-state index contributed by atoms with van der Waals surface area (Å²) in [7, 11) is -5.84. The van der Waals surface area contributed by atoms with Gasteiger partial charge < -0.3 is 0 Å². The number of hydrogen-bond donors (Lipinski definition) is 1. The van der Waals surface area contributed by atoms with Crippen LogP contribution in [0.25, 0.3) is 0 Å². The van der Waals surface area contributed by atoms with Gasteiger partial charge in [0.1, 0.15) is 0 Å². The van der Waals surface area contributed by atoms with Crippen molar-refractivity contribution in [2.24, 2.45) is 0 Å². The minimum atomic E-state index is -5.84. The van der Waals surface area contributed by atoms with Crippen molar-refractivity contribution < 1.29 is 26.1 Å². The second-order valence-corrected chi connectivity index (χ2v) is 3.33. The van der Waals surface area contributed by atoms with Crippen LogP contribution in [0.3, 0.4) is 0 Å². The average molecular weight is 222 g/mol. The molecule has 0 rings (SSSR count). The molecular formula is C5H14BF3O3S. The lowest BCUT2D eigenvalue weighted by Crippen LogP contribution is -2.21. The molecule has 0 heterocycles. The van der Waals surface area contributed by atoms with Crippen molar-refractivity contribution in [2.75, 3.05) is 0 Å². The Balaban J connectivity index is -0.000000173. The maximum absolute atomic E-state index is 10.7. The molecule has 0 aromatic rings. The SMILES string of the molecule is B.CCCC.O=S(=O)(O)C(F)(F)F. The normalized spacial score (nSPS) is 10.9. The van der Waals surface area contributed by atoms with Crippen LogP contribution in [0.4, 0.5) is 13.2 Å². The average Bonchev–Trinajstić information content (AvgIpc) is 1.84. The van der Waals surface area contributed by atoms with Gasteiger partial charge in [-0.3, -0.25) is 4.55 Å². The van der Waals surface area contributed by atoms with E-state index in [2.05, 4.69) is 13.8 Å². The predicted molar refractivity (Wildman–Crippen MR) is 48.1 cm³/mol. The van der Waals surface area contributed by atoms with Crippen LogP contribution in [0.15, 0.2) is 0 Å². The van der Waals surface area contributed by atoms with Crippen LogP contribution in [0.2, 0.25) is 0 Å². The van der Waals surface area contributed by atoms with Crippen LogP contribution in [0, 0.1) is 0 Å². The molecular weight excluding hydrogens is 208 g/mol. The molecule has 0 fully saturated rings. The summed E-state index contributed by atoms with van der Waals surface area (Å²) in [5.74, 6) is 0. The molecule has 0 unspecified atom stereocenters. The molecule has 0 aliphatic heterocycles. The second kappa shape index (κ2) is 7.20. The van der Waals surface area contributed by atoms with Crippen LogP contribution in [0.5, 0.6) is 0 Å². The quantitative estimate of drug-likeness (QED) is 0.409. The summed E-state index contributed by atoms with van der Waals surface area (Å²) in [5.41, 5.74) is -5.53. The molecule has 0 aromatic heterocycles. The first-order chi connectivity index (χ1) is 5.16. The van der Waals surface area contributed by atoms with Crippen molar-refractivity contribution in [3.63, 3.8) is 0 Å². The van der Waals surface area contributed by atoms with Crippen molar-refractivity contribution in [1.29, 1.82) is 0 Å². The van der Waals surface area contributed by atoms with Crippen LogP contribution >= 0.6 is 0 Å². The van der Waals surface area contributed by atoms with E-state index in [0.29, 0.717) is 0 Å². The maximum atomic E-state index is 10.7. The summed E-state index contributed by atoms with van der Waals surface area (Å²) in [6, 6.07) is 0. The van der Waals surface area contributed by atoms with E-state index in [1.54, 1.807) is 0 Å². The minimum Gasteiger partial charge on any atom is -0.279 e. The van der Waals surface area contributed by atoms with E-state index in [0.717, 1.165) is 0 Å². The summed E-state index contributed by atoms with van der Waals surface area (Å²) in [6.07, 6.45) is 2.64. The number of rotatable bonds is 1. The van der Waals surface area contributed by atoms with Crippen molar-refractivity contribution >= 4 is 18.5 Å². The lowest BCUT2D eigenvalue weighted by atomic mass is 10.4. The first-order valence-electron chi connectivity index (χ1n) is 3.20. The van der Waals surface area contributed by atoms with Crippen molar-refractivity contribution in [3.8, 4) is 0 Å². The summed E-state index contributed by atoms with van der Waals surface area (Å²) in [5, 5.41) is 0. The third kappa shape index (κ3) is 11.8. The number of hydrogen-bond acceptors (Lipinski definition) is 2. The van der Waals surface area contributed by atoms with E-state index >= 15 is 0 Å². The summed E-state index contributed by atoms with van der Waals surface area (Å²) in [6.45, 7) is 4.36. The van der Waals surface area contributed by atoms with E-state index in [1.165, 1.54) is 12.8 Å². The largest absolute Gasteiger partial charge is 0.522 e. The molecule has 8 heteroatoms. The fourth-order valence-corrected chi connectivity index (χ4v) is 0. The van der Waals surface area contributed by atoms with E-state index in [-0.39, 0.29) is 8.41 Å². The lowest BCUT2D eigenvalue weighted by molar-refractivity contribution is -0.0510. The third-order valence-electron chi connectivity index (χ3n) is 0.792. The third-order valence-corrected chi connectivity index (χ3v) is 1.38. The topological polar surface area (TPSA) is 54.4 Å². The molecule has 0 radical (unpaired) electrons. The molecule has 0 aliphatic rings. The van der Waals surface area contributed by atoms with Crippen LogP contribution in [-0.2, 0) is 10.1 Å². The molecule has 0 saturated heterocycles. The Kier molecular flexibility index (Phi) is 10.3. The molecule has 3 nitrogen and oxygen atoms in total. The fourth-order valence-electron chi connectivity index (χ4n) is 0. The van der Waals surface area contributed by atoms with Crippen molar-refractivity contribution in [3.05, 3.63) is 0 Å². The Labute approximate surface area is 77.7 Å². The Bertz CT molecular complexity index is 198. The summed E-state index contributed by atoms with van der Waals surface area (Å²) >= 11 is 0. The van der Waals surface area contributed by atoms with E-state index < -0.39 is 15.6 Å². The molecule has 1 N–H and O–H groups in total. The van der Waals surface area contributed by atoms with Crippen LogP contribution in [-0.4, -0.2) is 26.9 Å². The highest BCUT2D eigenvalue weighted by Gasteiger charge is 2.44. The van der Waals surface area contributed by atoms with Gasteiger partial charge in [0.05, 0.1) is 8.41 Å². The van der Waals surface area contributed by atoms with Gasteiger partial charge in [0.2, 0.25) is 0 Å². The van der Waals surface area contributed by atoms with Crippen LogP contribution < -0.4 is 0 Å². The predicted octanol–water partition coefficient (Wildman–Crippen LogP) is 1.02. The molecule has 0 spiro atoms. The Morgan fingerprint density at radius 2 is 1.31 bits per heavy atom.